The minimum Gasteiger partial charge on any atom is -0.390 e. The molecule has 0 saturated carbocycles. The van der Waals surface area contributed by atoms with Crippen molar-refractivity contribution in [1.29, 1.82) is 0 Å². The third-order valence-electron chi connectivity index (χ3n) is 3.22. The molecule has 0 spiro atoms. The van der Waals surface area contributed by atoms with Gasteiger partial charge in [-0.25, -0.2) is 4.79 Å². The third kappa shape index (κ3) is 2.28. The lowest BCUT2D eigenvalue weighted by Gasteiger charge is -2.21. The Balaban J connectivity index is 2.39. The Morgan fingerprint density at radius 1 is 1.65 bits per heavy atom. The maximum Gasteiger partial charge on any atom is 0.351 e. The smallest absolute Gasteiger partial charge is 0.351 e. The van der Waals surface area contributed by atoms with Gasteiger partial charge in [0, 0.05) is 6.20 Å². The second kappa shape index (κ2) is 5.08. The number of aliphatic hydroxyl groups is 2. The molecule has 1 saturated heterocycles. The molecule has 2 rings (SSSR count). The number of nitrogen functional groups attached to an aromatic ring is 1. The molecule has 1 aliphatic heterocycles. The Hall–Kier alpha value is -1.58. The van der Waals surface area contributed by atoms with Crippen LogP contribution in [0.15, 0.2) is 17.1 Å². The van der Waals surface area contributed by atoms with E-state index in [4.69, 9.17) is 10.5 Å². The zero-order valence-electron chi connectivity index (χ0n) is 10.6. The lowest BCUT2D eigenvalue weighted by atomic mass is 10.0. The average molecular weight is 291 g/mol. The molecule has 4 atom stereocenters. The van der Waals surface area contributed by atoms with Crippen molar-refractivity contribution < 1.29 is 23.7 Å². The Kier molecular flexibility index (Phi) is 3.76. The van der Waals surface area contributed by atoms with Crippen molar-refractivity contribution in [2.45, 2.75) is 43.8 Å². The lowest BCUT2D eigenvalue weighted by molar-refractivity contribution is -0.141. The summed E-state index contributed by atoms with van der Waals surface area (Å²) in [5.74, 6) is -3.85. The molecule has 0 amide bonds. The molecule has 1 aromatic heterocycles. The monoisotopic (exact) mass is 291 g/mol. The van der Waals surface area contributed by atoms with Crippen LogP contribution in [-0.2, 0) is 4.74 Å². The highest BCUT2D eigenvalue weighted by Crippen LogP contribution is 2.43. The Bertz CT molecular complexity index is 551. The van der Waals surface area contributed by atoms with E-state index < -0.39 is 36.2 Å². The van der Waals surface area contributed by atoms with Crippen molar-refractivity contribution in [1.82, 2.24) is 9.55 Å². The molecule has 20 heavy (non-hydrogen) atoms. The molecule has 4 N–H and O–H groups in total. The highest BCUT2D eigenvalue weighted by atomic mass is 19.3. The molecule has 0 unspecified atom stereocenters. The molecular weight excluding hydrogens is 276 g/mol. The van der Waals surface area contributed by atoms with E-state index in [1.807, 2.05) is 0 Å². The second-order valence-electron chi connectivity index (χ2n) is 4.59. The number of hydrogen-bond acceptors (Lipinski definition) is 6. The van der Waals surface area contributed by atoms with Gasteiger partial charge in [0.2, 0.25) is 6.23 Å². The fourth-order valence-corrected chi connectivity index (χ4v) is 2.07. The molecule has 1 fully saturated rings. The van der Waals surface area contributed by atoms with Crippen LogP contribution in [0.1, 0.15) is 19.6 Å². The number of aromatic nitrogens is 2. The van der Waals surface area contributed by atoms with E-state index in [1.54, 1.807) is 6.92 Å². The highest BCUT2D eigenvalue weighted by Gasteiger charge is 2.61. The Morgan fingerprint density at radius 2 is 2.30 bits per heavy atom. The maximum atomic E-state index is 14.0. The summed E-state index contributed by atoms with van der Waals surface area (Å²) >= 11 is 0. The maximum absolute atomic E-state index is 14.0. The lowest BCUT2D eigenvalue weighted by Crippen LogP contribution is -2.43. The van der Waals surface area contributed by atoms with E-state index >= 15 is 0 Å². The number of anilines is 1. The van der Waals surface area contributed by atoms with Gasteiger partial charge in [-0.3, -0.25) is 4.57 Å². The first-order valence-electron chi connectivity index (χ1n) is 6.03. The van der Waals surface area contributed by atoms with Crippen molar-refractivity contribution in [3.8, 4) is 0 Å². The van der Waals surface area contributed by atoms with Crippen LogP contribution < -0.4 is 11.4 Å². The number of ether oxygens (including phenoxy) is 1. The molecule has 0 radical (unpaired) electrons. The first kappa shape index (κ1) is 14.8. The Labute approximate surface area is 112 Å². The minimum absolute atomic E-state index is 0.113. The van der Waals surface area contributed by atoms with Crippen LogP contribution in [0.2, 0.25) is 0 Å². The molecular formula is C11H15F2N3O4. The molecule has 9 heteroatoms. The summed E-state index contributed by atoms with van der Waals surface area (Å²) in [5, 5.41) is 19.2. The number of aliphatic hydroxyl groups excluding tert-OH is 2. The summed E-state index contributed by atoms with van der Waals surface area (Å²) in [6.07, 6.45) is -5.87. The quantitative estimate of drug-likeness (QED) is 0.692. The van der Waals surface area contributed by atoms with Gasteiger partial charge in [0.25, 0.3) is 0 Å². The van der Waals surface area contributed by atoms with Crippen LogP contribution in [0, 0.1) is 0 Å². The van der Waals surface area contributed by atoms with E-state index in [2.05, 4.69) is 4.98 Å². The van der Waals surface area contributed by atoms with Crippen LogP contribution in [0.3, 0.4) is 0 Å². The zero-order chi connectivity index (χ0) is 15.1. The molecule has 0 aromatic carbocycles. The van der Waals surface area contributed by atoms with Crippen LogP contribution >= 0.6 is 0 Å². The summed E-state index contributed by atoms with van der Waals surface area (Å²) in [7, 11) is 0. The highest BCUT2D eigenvalue weighted by molar-refractivity contribution is 5.23. The molecule has 2 heterocycles. The number of nitrogens with two attached hydrogens (primary N) is 1. The fraction of sp³-hybridized carbons (Fsp3) is 0.636. The molecule has 1 aromatic rings. The first-order valence-corrected chi connectivity index (χ1v) is 6.03. The predicted molar refractivity (Wildman–Crippen MR) is 64.1 cm³/mol. The standard InChI is InChI=1S/C11H15F2N3O4/c1-2-5(17)7-8(18)11(12,13)9(20-7)16-4-3-6(14)15-10(16)19/h3-5,7-9,17-18H,2H2,1H3,(H2,14,15,19)/t5-,7+,8+,9+/m0/s1. The van der Waals surface area contributed by atoms with E-state index in [1.165, 1.54) is 0 Å². The molecule has 0 aliphatic carbocycles. The molecule has 1 aliphatic rings. The van der Waals surface area contributed by atoms with Gasteiger partial charge in [-0.1, -0.05) is 6.92 Å². The van der Waals surface area contributed by atoms with Crippen molar-refractivity contribution in [3.63, 3.8) is 0 Å². The van der Waals surface area contributed by atoms with Crippen molar-refractivity contribution >= 4 is 5.82 Å². The van der Waals surface area contributed by atoms with Gasteiger partial charge in [-0.05, 0) is 12.5 Å². The van der Waals surface area contributed by atoms with Crippen LogP contribution in [0.25, 0.3) is 0 Å². The predicted octanol–water partition coefficient (Wildman–Crippen LogP) is -0.510. The van der Waals surface area contributed by atoms with Gasteiger partial charge in [-0.15, -0.1) is 0 Å². The van der Waals surface area contributed by atoms with E-state index in [0.29, 0.717) is 4.57 Å². The van der Waals surface area contributed by atoms with Gasteiger partial charge in [0.15, 0.2) is 6.10 Å². The molecule has 0 bridgehead atoms. The SMILES string of the molecule is CC[C@H](O)[C@H]1O[C@@H](n2ccc(N)nc2=O)C(F)(F)[C@@H]1O. The van der Waals surface area contributed by atoms with Gasteiger partial charge in [0.1, 0.15) is 11.9 Å². The molecule has 112 valence electrons. The topological polar surface area (TPSA) is 111 Å². The van der Waals surface area contributed by atoms with Crippen LogP contribution in [0.5, 0.6) is 0 Å². The normalized spacial score (nSPS) is 30.4. The van der Waals surface area contributed by atoms with Crippen molar-refractivity contribution in [2.24, 2.45) is 0 Å². The van der Waals surface area contributed by atoms with Crippen LogP contribution in [-0.4, -0.2) is 44.0 Å². The van der Waals surface area contributed by atoms with E-state index in [-0.39, 0.29) is 12.2 Å². The average Bonchev–Trinajstić information content (AvgIpc) is 2.61. The number of hydrogen-bond donors (Lipinski definition) is 3. The molecule has 7 nitrogen and oxygen atoms in total. The fourth-order valence-electron chi connectivity index (χ4n) is 2.07. The number of rotatable bonds is 3. The number of halogens is 2. The van der Waals surface area contributed by atoms with Crippen molar-refractivity contribution in [3.05, 3.63) is 22.7 Å². The number of alkyl halides is 2. The zero-order valence-corrected chi connectivity index (χ0v) is 10.6. The van der Waals surface area contributed by atoms with Gasteiger partial charge in [-0.2, -0.15) is 13.8 Å². The van der Waals surface area contributed by atoms with Crippen molar-refractivity contribution in [2.75, 3.05) is 5.73 Å². The first-order chi connectivity index (χ1) is 9.28. The number of nitrogens with zero attached hydrogens (tertiary/aromatic N) is 2. The van der Waals surface area contributed by atoms with Gasteiger partial charge in [0.05, 0.1) is 6.10 Å². The largest absolute Gasteiger partial charge is 0.390 e. The van der Waals surface area contributed by atoms with E-state index in [0.717, 1.165) is 12.3 Å². The van der Waals surface area contributed by atoms with Gasteiger partial charge >= 0.3 is 11.6 Å². The summed E-state index contributed by atoms with van der Waals surface area (Å²) in [6, 6.07) is 1.16. The Morgan fingerprint density at radius 3 is 2.85 bits per heavy atom. The van der Waals surface area contributed by atoms with E-state index in [9.17, 15) is 23.8 Å². The second-order valence-corrected chi connectivity index (χ2v) is 4.59. The minimum atomic E-state index is -3.73. The third-order valence-corrected chi connectivity index (χ3v) is 3.22. The summed E-state index contributed by atoms with van der Waals surface area (Å²) in [6.45, 7) is 1.56. The summed E-state index contributed by atoms with van der Waals surface area (Å²) < 4.78 is 33.5. The van der Waals surface area contributed by atoms with Gasteiger partial charge < -0.3 is 20.7 Å². The van der Waals surface area contributed by atoms with Crippen LogP contribution in [0.4, 0.5) is 14.6 Å². The summed E-state index contributed by atoms with van der Waals surface area (Å²) in [5.41, 5.74) is 4.26. The summed E-state index contributed by atoms with van der Waals surface area (Å²) in [4.78, 5) is 14.9.